The maximum atomic E-state index is 12.5. The van der Waals surface area contributed by atoms with Gasteiger partial charge in [-0.25, -0.2) is 0 Å². The highest BCUT2D eigenvalue weighted by Crippen LogP contribution is 2.19. The predicted molar refractivity (Wildman–Crippen MR) is 112 cm³/mol. The zero-order valence-corrected chi connectivity index (χ0v) is 16.6. The van der Waals surface area contributed by atoms with Crippen molar-refractivity contribution in [1.82, 2.24) is 9.80 Å². The Labute approximate surface area is 166 Å². The maximum Gasteiger partial charge on any atom is 0.313 e. The maximum absolute atomic E-state index is 12.5. The first-order valence-electron chi connectivity index (χ1n) is 9.74. The second kappa shape index (κ2) is 9.37. The molecule has 6 heteroatoms. The predicted octanol–water partition coefficient (Wildman–Crippen LogP) is 2.43. The molecule has 148 valence electrons. The third-order valence-electron chi connectivity index (χ3n) is 5.07. The van der Waals surface area contributed by atoms with Gasteiger partial charge in [-0.05, 0) is 43.8 Å². The molecule has 1 aliphatic rings. The SMILES string of the molecule is CCN(Cc1ccccc1)C(=O)C(=O)Nc1ccc(N2CCN(C)CC2)cc1. The van der Waals surface area contributed by atoms with E-state index in [1.807, 2.05) is 61.5 Å². The summed E-state index contributed by atoms with van der Waals surface area (Å²) in [7, 11) is 2.13. The molecule has 6 nitrogen and oxygen atoms in total. The van der Waals surface area contributed by atoms with Gasteiger partial charge < -0.3 is 20.0 Å². The molecule has 0 saturated carbocycles. The van der Waals surface area contributed by atoms with E-state index in [1.54, 1.807) is 4.90 Å². The van der Waals surface area contributed by atoms with Gasteiger partial charge in [0.05, 0.1) is 0 Å². The zero-order valence-electron chi connectivity index (χ0n) is 16.6. The molecule has 1 aliphatic heterocycles. The molecule has 1 heterocycles. The summed E-state index contributed by atoms with van der Waals surface area (Å²) in [5, 5.41) is 2.72. The highest BCUT2D eigenvalue weighted by molar-refractivity contribution is 6.39. The molecular weight excluding hydrogens is 352 g/mol. The number of carbonyl (C=O) groups excluding carboxylic acids is 2. The second-order valence-electron chi connectivity index (χ2n) is 7.10. The van der Waals surface area contributed by atoms with E-state index >= 15 is 0 Å². The summed E-state index contributed by atoms with van der Waals surface area (Å²) in [6.45, 7) is 6.84. The van der Waals surface area contributed by atoms with E-state index in [1.165, 1.54) is 0 Å². The first-order chi connectivity index (χ1) is 13.6. The Morgan fingerprint density at radius 1 is 0.964 bits per heavy atom. The Kier molecular flexibility index (Phi) is 6.66. The standard InChI is InChI=1S/C22H28N4O2/c1-3-25(17-18-7-5-4-6-8-18)22(28)21(27)23-19-9-11-20(12-10-19)26-15-13-24(2)14-16-26/h4-12H,3,13-17H2,1-2H3,(H,23,27). The summed E-state index contributed by atoms with van der Waals surface area (Å²) in [5.74, 6) is -1.13. The molecule has 3 rings (SSSR count). The molecule has 0 aliphatic carbocycles. The van der Waals surface area contributed by atoms with Crippen LogP contribution in [0.4, 0.5) is 11.4 Å². The van der Waals surface area contributed by atoms with Gasteiger partial charge in [0.2, 0.25) is 0 Å². The highest BCUT2D eigenvalue weighted by Gasteiger charge is 2.21. The highest BCUT2D eigenvalue weighted by atomic mass is 16.2. The zero-order chi connectivity index (χ0) is 19.9. The molecule has 0 atom stereocenters. The number of amides is 2. The monoisotopic (exact) mass is 380 g/mol. The fourth-order valence-electron chi connectivity index (χ4n) is 3.28. The largest absolute Gasteiger partial charge is 0.369 e. The lowest BCUT2D eigenvalue weighted by Gasteiger charge is -2.34. The average Bonchev–Trinajstić information content (AvgIpc) is 2.73. The van der Waals surface area contributed by atoms with Crippen LogP contribution >= 0.6 is 0 Å². The van der Waals surface area contributed by atoms with E-state index in [0.29, 0.717) is 18.8 Å². The summed E-state index contributed by atoms with van der Waals surface area (Å²) >= 11 is 0. The molecule has 1 saturated heterocycles. The van der Waals surface area contributed by atoms with Crippen molar-refractivity contribution >= 4 is 23.2 Å². The van der Waals surface area contributed by atoms with Gasteiger partial charge in [0.25, 0.3) is 0 Å². The fraction of sp³-hybridized carbons (Fsp3) is 0.364. The number of anilines is 2. The molecule has 2 aromatic rings. The number of carbonyl (C=O) groups is 2. The smallest absolute Gasteiger partial charge is 0.313 e. The minimum absolute atomic E-state index is 0.423. The number of nitrogens with zero attached hydrogens (tertiary/aromatic N) is 3. The van der Waals surface area contributed by atoms with Crippen LogP contribution in [0.3, 0.4) is 0 Å². The van der Waals surface area contributed by atoms with E-state index in [9.17, 15) is 9.59 Å². The van der Waals surface area contributed by atoms with E-state index in [-0.39, 0.29) is 0 Å². The van der Waals surface area contributed by atoms with Gasteiger partial charge in [-0.15, -0.1) is 0 Å². The lowest BCUT2D eigenvalue weighted by Crippen LogP contribution is -2.44. The van der Waals surface area contributed by atoms with Crippen molar-refractivity contribution in [3.05, 3.63) is 60.2 Å². The number of nitrogens with one attached hydrogen (secondary N) is 1. The Morgan fingerprint density at radius 2 is 1.61 bits per heavy atom. The third kappa shape index (κ3) is 5.10. The Balaban J connectivity index is 1.57. The van der Waals surface area contributed by atoms with Gasteiger partial charge in [-0.3, -0.25) is 9.59 Å². The molecule has 0 bridgehead atoms. The van der Waals surface area contributed by atoms with Crippen molar-refractivity contribution in [3.63, 3.8) is 0 Å². The topological polar surface area (TPSA) is 55.9 Å². The molecule has 1 N–H and O–H groups in total. The fourth-order valence-corrected chi connectivity index (χ4v) is 3.28. The Morgan fingerprint density at radius 3 is 2.21 bits per heavy atom. The summed E-state index contributed by atoms with van der Waals surface area (Å²) in [6.07, 6.45) is 0. The van der Waals surface area contributed by atoms with Gasteiger partial charge in [0, 0.05) is 50.6 Å². The Hall–Kier alpha value is -2.86. The van der Waals surface area contributed by atoms with Crippen LogP contribution in [0, 0.1) is 0 Å². The van der Waals surface area contributed by atoms with E-state index in [0.717, 1.165) is 37.4 Å². The molecule has 0 unspecified atom stereocenters. The van der Waals surface area contributed by atoms with Crippen molar-refractivity contribution in [1.29, 1.82) is 0 Å². The van der Waals surface area contributed by atoms with Crippen molar-refractivity contribution in [2.45, 2.75) is 13.5 Å². The van der Waals surface area contributed by atoms with Crippen molar-refractivity contribution < 1.29 is 9.59 Å². The van der Waals surface area contributed by atoms with Crippen LogP contribution in [0.15, 0.2) is 54.6 Å². The summed E-state index contributed by atoms with van der Waals surface area (Å²) in [6, 6.07) is 17.4. The average molecular weight is 380 g/mol. The van der Waals surface area contributed by atoms with Crippen LogP contribution in [0.25, 0.3) is 0 Å². The molecule has 2 amide bonds. The van der Waals surface area contributed by atoms with Gasteiger partial charge in [-0.2, -0.15) is 0 Å². The first kappa shape index (κ1) is 19.9. The van der Waals surface area contributed by atoms with Crippen molar-refractivity contribution in [2.75, 3.05) is 50.0 Å². The number of piperazine rings is 1. The molecule has 0 radical (unpaired) electrons. The summed E-state index contributed by atoms with van der Waals surface area (Å²) < 4.78 is 0. The quantitative estimate of drug-likeness (QED) is 0.810. The lowest BCUT2D eigenvalue weighted by atomic mass is 10.2. The Bertz CT molecular complexity index is 784. The first-order valence-corrected chi connectivity index (χ1v) is 9.74. The minimum Gasteiger partial charge on any atom is -0.369 e. The molecule has 2 aromatic carbocycles. The third-order valence-corrected chi connectivity index (χ3v) is 5.07. The molecule has 0 aromatic heterocycles. The van der Waals surface area contributed by atoms with Crippen molar-refractivity contribution in [2.24, 2.45) is 0 Å². The van der Waals surface area contributed by atoms with Crippen LogP contribution < -0.4 is 10.2 Å². The van der Waals surface area contributed by atoms with Gasteiger partial charge >= 0.3 is 11.8 Å². The molecule has 1 fully saturated rings. The van der Waals surface area contributed by atoms with E-state index in [2.05, 4.69) is 22.2 Å². The number of hydrogen-bond donors (Lipinski definition) is 1. The minimum atomic E-state index is -0.606. The second-order valence-corrected chi connectivity index (χ2v) is 7.10. The lowest BCUT2D eigenvalue weighted by molar-refractivity contribution is -0.143. The summed E-state index contributed by atoms with van der Waals surface area (Å²) in [5.41, 5.74) is 2.77. The van der Waals surface area contributed by atoms with Crippen LogP contribution in [0.2, 0.25) is 0 Å². The number of hydrogen-bond acceptors (Lipinski definition) is 4. The summed E-state index contributed by atoms with van der Waals surface area (Å²) in [4.78, 5) is 31.1. The number of benzene rings is 2. The van der Waals surface area contributed by atoms with Crippen LogP contribution in [0.1, 0.15) is 12.5 Å². The van der Waals surface area contributed by atoms with Gasteiger partial charge in [0.15, 0.2) is 0 Å². The van der Waals surface area contributed by atoms with Gasteiger partial charge in [-0.1, -0.05) is 30.3 Å². The number of likely N-dealkylation sites (N-methyl/N-ethyl adjacent to an activating group) is 2. The molecular formula is C22H28N4O2. The molecule has 0 spiro atoms. The number of rotatable bonds is 5. The van der Waals surface area contributed by atoms with Crippen LogP contribution in [0.5, 0.6) is 0 Å². The van der Waals surface area contributed by atoms with Crippen LogP contribution in [-0.2, 0) is 16.1 Å². The normalized spacial score (nSPS) is 14.6. The van der Waals surface area contributed by atoms with Gasteiger partial charge in [0.1, 0.15) is 0 Å². The van der Waals surface area contributed by atoms with Crippen LogP contribution in [-0.4, -0.2) is 61.4 Å². The van der Waals surface area contributed by atoms with E-state index in [4.69, 9.17) is 0 Å². The van der Waals surface area contributed by atoms with E-state index < -0.39 is 11.8 Å². The molecule has 28 heavy (non-hydrogen) atoms. The van der Waals surface area contributed by atoms with Crippen molar-refractivity contribution in [3.8, 4) is 0 Å².